The highest BCUT2D eigenvalue weighted by molar-refractivity contribution is 6.11. The number of nitrogens with one attached hydrogen (secondary N) is 3. The number of nitrogens with zero attached hydrogens (tertiary/aromatic N) is 3. The van der Waals surface area contributed by atoms with Gasteiger partial charge < -0.3 is 10.2 Å². The Morgan fingerprint density at radius 2 is 1.04 bits per heavy atom. The van der Waals surface area contributed by atoms with Crippen molar-refractivity contribution >= 4 is 40.9 Å². The fourth-order valence-corrected chi connectivity index (χ4v) is 7.83. The third-order valence-electron chi connectivity index (χ3n) is 11.5. The van der Waals surface area contributed by atoms with E-state index < -0.39 is 11.5 Å². The Hall–Kier alpha value is -7.48. The second-order valence-corrected chi connectivity index (χ2v) is 16.2. The smallest absolute Gasteiger partial charge is 0.262 e. The van der Waals surface area contributed by atoms with Gasteiger partial charge in [-0.05, 0) is 115 Å². The van der Waals surface area contributed by atoms with E-state index in [0.29, 0.717) is 53.9 Å². The van der Waals surface area contributed by atoms with E-state index in [1.54, 1.807) is 83.3 Å². The molecule has 5 aromatic carbocycles. The second kappa shape index (κ2) is 25.3. The summed E-state index contributed by atoms with van der Waals surface area (Å²) in [5, 5.41) is 11.6. The highest BCUT2D eigenvalue weighted by Gasteiger charge is 2.39. The van der Waals surface area contributed by atoms with Gasteiger partial charge in [0.2, 0.25) is 11.8 Å². The summed E-state index contributed by atoms with van der Waals surface area (Å²) < 4.78 is 0. The van der Waals surface area contributed by atoms with E-state index in [-0.39, 0.29) is 36.5 Å². The van der Waals surface area contributed by atoms with E-state index in [0.717, 1.165) is 55.3 Å². The zero-order chi connectivity index (χ0) is 47.3. The number of amides is 5. The average Bonchev–Trinajstić information content (AvgIpc) is 3.38. The maximum absolute atomic E-state index is 13.6. The molecule has 1 unspecified atom stereocenters. The van der Waals surface area contributed by atoms with Crippen LogP contribution in [0.5, 0.6) is 0 Å². The van der Waals surface area contributed by atoms with Crippen molar-refractivity contribution in [3.8, 4) is 0 Å². The van der Waals surface area contributed by atoms with Gasteiger partial charge in [-0.2, -0.15) is 0 Å². The van der Waals surface area contributed by atoms with Crippen molar-refractivity contribution in [1.29, 1.82) is 0 Å². The molecule has 0 radical (unpaired) electrons. The van der Waals surface area contributed by atoms with Gasteiger partial charge >= 0.3 is 0 Å². The first-order chi connectivity index (χ1) is 32.7. The quantitative estimate of drug-likeness (QED) is 0.0265. The molecule has 0 saturated carbocycles. The number of anilines is 2. The lowest BCUT2D eigenvalue weighted by Crippen LogP contribution is -2.40. The fourth-order valence-electron chi connectivity index (χ4n) is 7.83. The van der Waals surface area contributed by atoms with Crippen molar-refractivity contribution in [3.63, 3.8) is 0 Å². The van der Waals surface area contributed by atoms with Gasteiger partial charge in [0.15, 0.2) is 5.60 Å². The minimum Gasteiger partial charge on any atom is -0.352 e. The predicted octanol–water partition coefficient (Wildman–Crippen LogP) is 9.31. The molecule has 4 N–H and O–H groups in total. The standard InChI is InChI=1S/C54H58N6O7/c1-59(52(64)43-29-33-48(34-30-43)60(47-23-13-8-14-24-47)53(65)42-19-9-6-10-20-42)40-18-5-3-16-26-50(62)58-67-54(44-21-11-7-12-22-44,46-35-38-55-39-36-46)45-31-27-41(28-32-45)51(63)56-37-17-4-2-15-25-49(61)57-66/h6-14,19-24,27-36,38-39,66H,2-5,15-18,25-26,37,40H2,1H3,(H,56,63)(H,57,61)(H,58,62). The lowest BCUT2D eigenvalue weighted by Gasteiger charge is -2.35. The average molecular weight is 903 g/mol. The van der Waals surface area contributed by atoms with Crippen LogP contribution in [-0.4, -0.2) is 64.8 Å². The lowest BCUT2D eigenvalue weighted by molar-refractivity contribution is -0.143. The van der Waals surface area contributed by atoms with Gasteiger partial charge in [-0.1, -0.05) is 105 Å². The number of carbonyl (C=O) groups excluding carboxylic acids is 5. The van der Waals surface area contributed by atoms with Crippen molar-refractivity contribution in [2.75, 3.05) is 25.0 Å². The van der Waals surface area contributed by atoms with Crippen molar-refractivity contribution in [2.24, 2.45) is 0 Å². The molecule has 13 nitrogen and oxygen atoms in total. The highest BCUT2D eigenvalue weighted by Crippen LogP contribution is 2.40. The maximum atomic E-state index is 13.6. The van der Waals surface area contributed by atoms with Crippen molar-refractivity contribution < 1.29 is 34.0 Å². The number of aromatic nitrogens is 1. The molecular formula is C54H58N6O7. The zero-order valence-corrected chi connectivity index (χ0v) is 37.8. The summed E-state index contributed by atoms with van der Waals surface area (Å²) in [4.78, 5) is 78.8. The van der Waals surface area contributed by atoms with E-state index in [1.807, 2.05) is 103 Å². The molecule has 0 fully saturated rings. The van der Waals surface area contributed by atoms with E-state index in [4.69, 9.17) is 10.0 Å². The van der Waals surface area contributed by atoms with Crippen LogP contribution in [0.4, 0.5) is 11.4 Å². The van der Waals surface area contributed by atoms with Crippen LogP contribution in [0.3, 0.4) is 0 Å². The van der Waals surface area contributed by atoms with Crippen LogP contribution >= 0.6 is 0 Å². The molecule has 0 bridgehead atoms. The first-order valence-corrected chi connectivity index (χ1v) is 22.8. The molecule has 346 valence electrons. The molecular weight excluding hydrogens is 845 g/mol. The SMILES string of the molecule is CN(CCCCCCC(=O)NOC(c1ccccc1)(c1ccncc1)c1ccc(C(=O)NCCCCCCC(=O)NO)cc1)C(=O)c1ccc(N(C(=O)c2ccccc2)c2ccccc2)cc1. The number of pyridine rings is 1. The summed E-state index contributed by atoms with van der Waals surface area (Å²) >= 11 is 0. The highest BCUT2D eigenvalue weighted by atomic mass is 16.7. The minimum atomic E-state index is -1.28. The molecule has 6 aromatic rings. The summed E-state index contributed by atoms with van der Waals surface area (Å²) in [6, 6.07) is 45.9. The summed E-state index contributed by atoms with van der Waals surface area (Å²) in [6.45, 7) is 1.02. The van der Waals surface area contributed by atoms with Crippen LogP contribution in [0.25, 0.3) is 0 Å². The van der Waals surface area contributed by atoms with Crippen LogP contribution in [0.2, 0.25) is 0 Å². The predicted molar refractivity (Wildman–Crippen MR) is 257 cm³/mol. The number of unbranched alkanes of at least 4 members (excludes halogenated alkanes) is 6. The number of hydroxylamine groups is 2. The number of para-hydroxylation sites is 1. The molecule has 1 heterocycles. The molecule has 5 amide bonds. The van der Waals surface area contributed by atoms with Crippen LogP contribution < -0.4 is 21.2 Å². The van der Waals surface area contributed by atoms with Gasteiger partial charge in [0, 0.05) is 73.4 Å². The maximum Gasteiger partial charge on any atom is 0.262 e. The Kier molecular flexibility index (Phi) is 18.5. The molecule has 0 saturated heterocycles. The normalized spacial score (nSPS) is 11.7. The Bertz CT molecular complexity index is 2450. The molecule has 0 aliphatic rings. The van der Waals surface area contributed by atoms with Crippen molar-refractivity contribution in [3.05, 3.63) is 197 Å². The zero-order valence-electron chi connectivity index (χ0n) is 37.8. The van der Waals surface area contributed by atoms with Gasteiger partial charge in [0.25, 0.3) is 17.7 Å². The topological polar surface area (TPSA) is 170 Å². The number of carbonyl (C=O) groups is 5. The number of benzene rings is 5. The van der Waals surface area contributed by atoms with E-state index in [1.165, 1.54) is 0 Å². The molecule has 0 aliphatic heterocycles. The molecule has 13 heteroatoms. The van der Waals surface area contributed by atoms with Gasteiger partial charge in [0.1, 0.15) is 0 Å². The Morgan fingerprint density at radius 1 is 0.537 bits per heavy atom. The summed E-state index contributed by atoms with van der Waals surface area (Å²) in [6.07, 6.45) is 9.83. The van der Waals surface area contributed by atoms with Crippen LogP contribution in [0.15, 0.2) is 164 Å². The third kappa shape index (κ3) is 13.5. The number of rotatable bonds is 24. The van der Waals surface area contributed by atoms with Crippen molar-refractivity contribution in [1.82, 2.24) is 26.2 Å². The Balaban J connectivity index is 0.999. The van der Waals surface area contributed by atoms with Gasteiger partial charge in [-0.25, -0.2) is 11.0 Å². The first kappa shape index (κ1) is 49.0. The molecule has 67 heavy (non-hydrogen) atoms. The van der Waals surface area contributed by atoms with Gasteiger partial charge in [-0.15, -0.1) is 0 Å². The van der Waals surface area contributed by atoms with E-state index in [9.17, 15) is 24.0 Å². The summed E-state index contributed by atoms with van der Waals surface area (Å²) in [5.74, 6) is -1.20. The number of hydrogen-bond donors (Lipinski definition) is 4. The Labute approximate surface area is 392 Å². The molecule has 1 aromatic heterocycles. The number of hydrogen-bond acceptors (Lipinski definition) is 8. The monoisotopic (exact) mass is 902 g/mol. The molecule has 0 aliphatic carbocycles. The van der Waals surface area contributed by atoms with Crippen molar-refractivity contribution in [2.45, 2.75) is 69.8 Å². The van der Waals surface area contributed by atoms with Crippen LogP contribution in [0.1, 0.15) is 112 Å². The van der Waals surface area contributed by atoms with Crippen LogP contribution in [-0.2, 0) is 20.0 Å². The molecule has 0 spiro atoms. The molecule has 6 rings (SSSR count). The fraction of sp³-hybridized carbons (Fsp3) is 0.259. The van der Waals surface area contributed by atoms with E-state index in [2.05, 4.69) is 15.8 Å². The summed E-state index contributed by atoms with van der Waals surface area (Å²) in [7, 11) is 1.78. The van der Waals surface area contributed by atoms with E-state index >= 15 is 0 Å². The van der Waals surface area contributed by atoms with Crippen LogP contribution in [0, 0.1) is 0 Å². The molecule has 1 atom stereocenters. The lowest BCUT2D eigenvalue weighted by atomic mass is 9.80. The first-order valence-electron chi connectivity index (χ1n) is 22.8. The van der Waals surface area contributed by atoms with Gasteiger partial charge in [-0.3, -0.25) is 43.9 Å². The van der Waals surface area contributed by atoms with Gasteiger partial charge in [0.05, 0.1) is 0 Å². The largest absolute Gasteiger partial charge is 0.352 e. The second-order valence-electron chi connectivity index (χ2n) is 16.2. The minimum absolute atomic E-state index is 0.120. The summed E-state index contributed by atoms with van der Waals surface area (Å²) in [5.41, 5.74) is 8.20. The third-order valence-corrected chi connectivity index (χ3v) is 11.5. The Morgan fingerprint density at radius 3 is 1.69 bits per heavy atom.